The van der Waals surface area contributed by atoms with E-state index >= 15 is 0 Å². The molecule has 0 saturated carbocycles. The zero-order valence-electron chi connectivity index (χ0n) is 17.7. The summed E-state index contributed by atoms with van der Waals surface area (Å²) in [6, 6.07) is 5.33. The van der Waals surface area contributed by atoms with Gasteiger partial charge >= 0.3 is 5.97 Å². The predicted molar refractivity (Wildman–Crippen MR) is 114 cm³/mol. The van der Waals surface area contributed by atoms with Crippen LogP contribution >= 0.6 is 12.0 Å². The molecule has 1 aliphatic rings. The molecule has 1 fully saturated rings. The van der Waals surface area contributed by atoms with E-state index in [-0.39, 0.29) is 30.0 Å². The van der Waals surface area contributed by atoms with Crippen molar-refractivity contribution in [3.05, 3.63) is 41.9 Å². The number of nitrogens with zero attached hydrogens (tertiary/aromatic N) is 3. The van der Waals surface area contributed by atoms with E-state index in [9.17, 15) is 9.59 Å². The van der Waals surface area contributed by atoms with Crippen LogP contribution in [0.25, 0.3) is 0 Å². The van der Waals surface area contributed by atoms with Crippen molar-refractivity contribution in [2.24, 2.45) is 0 Å². The lowest BCUT2D eigenvalue weighted by atomic mass is 10.1. The topological polar surface area (TPSA) is 100 Å². The molecule has 3 rings (SSSR count). The molecule has 166 valence electrons. The minimum Gasteiger partial charge on any atom is -0.497 e. The van der Waals surface area contributed by atoms with E-state index in [2.05, 4.69) is 9.97 Å². The van der Waals surface area contributed by atoms with Crippen molar-refractivity contribution >= 4 is 23.9 Å². The van der Waals surface area contributed by atoms with Gasteiger partial charge in [-0.2, -0.15) is 0 Å². The molecule has 1 atom stereocenters. The number of aromatic nitrogens is 2. The van der Waals surface area contributed by atoms with Crippen molar-refractivity contribution in [3.63, 3.8) is 0 Å². The zero-order chi connectivity index (χ0) is 22.2. The van der Waals surface area contributed by atoms with E-state index < -0.39 is 5.97 Å². The van der Waals surface area contributed by atoms with Crippen LogP contribution in [-0.4, -0.2) is 59.4 Å². The fraction of sp³-hybridized carbons (Fsp3) is 0.429. The second-order valence-corrected chi connectivity index (χ2v) is 7.70. The molecule has 10 heteroatoms. The number of hydrogen-bond donors (Lipinski definition) is 0. The van der Waals surface area contributed by atoms with Crippen LogP contribution < -0.4 is 14.2 Å². The highest BCUT2D eigenvalue weighted by Gasteiger charge is 2.32. The molecule has 9 nitrogen and oxygen atoms in total. The molecule has 2 heterocycles. The lowest BCUT2D eigenvalue weighted by Gasteiger charge is -2.26. The Hall–Kier alpha value is -3.01. The number of carbonyl (C=O) groups excluding carboxylic acids is 2. The molecule has 0 bridgehead atoms. The summed E-state index contributed by atoms with van der Waals surface area (Å²) in [5.74, 6) is 1.56. The zero-order valence-corrected chi connectivity index (χ0v) is 18.5. The average molecular weight is 448 g/mol. The van der Waals surface area contributed by atoms with E-state index in [1.165, 1.54) is 12.5 Å². The Morgan fingerprint density at radius 1 is 1.29 bits per heavy atom. The van der Waals surface area contributed by atoms with Crippen LogP contribution in [0.15, 0.2) is 30.7 Å². The molecule has 1 saturated heterocycles. The number of ether oxygens (including phenoxy) is 3. The van der Waals surface area contributed by atoms with Gasteiger partial charge in [0.2, 0.25) is 11.8 Å². The van der Waals surface area contributed by atoms with Gasteiger partial charge in [-0.3, -0.25) is 4.79 Å². The molecule has 1 amide bonds. The van der Waals surface area contributed by atoms with E-state index in [0.29, 0.717) is 36.6 Å². The second kappa shape index (κ2) is 10.9. The molecular weight excluding hydrogens is 422 g/mol. The molecule has 31 heavy (non-hydrogen) atoms. The summed E-state index contributed by atoms with van der Waals surface area (Å²) in [6.45, 7) is 2.45. The molecule has 1 aromatic carbocycles. The number of likely N-dealkylation sites (tertiary alicyclic amines) is 1. The van der Waals surface area contributed by atoms with Crippen LogP contribution in [0.2, 0.25) is 0 Å². The van der Waals surface area contributed by atoms with Gasteiger partial charge in [0, 0.05) is 36.5 Å². The Balaban J connectivity index is 1.70. The van der Waals surface area contributed by atoms with Gasteiger partial charge in [0.1, 0.15) is 30.0 Å². The van der Waals surface area contributed by atoms with Gasteiger partial charge in [-0.05, 0) is 18.6 Å². The number of hydrogen-bond acceptors (Lipinski definition) is 9. The molecular formula is C21H25N3O6S. The summed E-state index contributed by atoms with van der Waals surface area (Å²) < 4.78 is 21.6. The van der Waals surface area contributed by atoms with Gasteiger partial charge in [0.25, 0.3) is 0 Å². The maximum Gasteiger partial charge on any atom is 0.357 e. The Morgan fingerprint density at radius 3 is 2.87 bits per heavy atom. The van der Waals surface area contributed by atoms with Crippen molar-refractivity contribution in [1.82, 2.24) is 14.9 Å². The van der Waals surface area contributed by atoms with E-state index in [1.54, 1.807) is 25.2 Å². The fourth-order valence-electron chi connectivity index (χ4n) is 3.26. The molecule has 0 radical (unpaired) electrons. The van der Waals surface area contributed by atoms with Gasteiger partial charge in [0.15, 0.2) is 0 Å². The Bertz CT molecular complexity index is 926. The predicted octanol–water partition coefficient (Wildman–Crippen LogP) is 2.89. The third kappa shape index (κ3) is 5.57. The maximum absolute atomic E-state index is 12.5. The molecule has 0 unspecified atom stereocenters. The van der Waals surface area contributed by atoms with E-state index in [0.717, 1.165) is 17.6 Å². The first-order valence-electron chi connectivity index (χ1n) is 9.84. The number of rotatable bonds is 10. The van der Waals surface area contributed by atoms with Crippen LogP contribution in [0.5, 0.6) is 17.4 Å². The first-order valence-corrected chi connectivity index (χ1v) is 10.7. The summed E-state index contributed by atoms with van der Waals surface area (Å²) in [6.07, 6.45) is 3.74. The smallest absolute Gasteiger partial charge is 0.357 e. The highest BCUT2D eigenvalue weighted by molar-refractivity contribution is 7.95. The standard InChI is InChI=1S/C21H25N3O6S/c1-4-31-30-21(26)17-10-22-13-23-20(17)29-12-15-6-8-19(25)24(15)11-14-5-7-16(27-2)9-18(14)28-3/h5,7,9-10,13,15H,4,6,8,11-12H2,1-3H3/t15-/m0/s1. The molecule has 0 aliphatic carbocycles. The molecule has 2 aromatic rings. The largest absolute Gasteiger partial charge is 0.497 e. The SMILES string of the molecule is CCSOC(=O)c1cncnc1OC[C@@H]1CCC(=O)N1Cc1ccc(OC)cc1OC. The average Bonchev–Trinajstić information content (AvgIpc) is 3.15. The van der Waals surface area contributed by atoms with E-state index in [4.69, 9.17) is 18.4 Å². The first kappa shape index (κ1) is 22.7. The molecule has 0 N–H and O–H groups in total. The number of methoxy groups -OCH3 is 2. The first-order chi connectivity index (χ1) is 15.1. The minimum absolute atomic E-state index is 0.0353. The fourth-order valence-corrected chi connectivity index (χ4v) is 3.57. The number of carbonyl (C=O) groups is 2. The monoisotopic (exact) mass is 447 g/mol. The Morgan fingerprint density at radius 2 is 2.13 bits per heavy atom. The summed E-state index contributed by atoms with van der Waals surface area (Å²) in [4.78, 5) is 34.4. The van der Waals surface area contributed by atoms with Crippen LogP contribution in [0.4, 0.5) is 0 Å². The van der Waals surface area contributed by atoms with Crippen molar-refractivity contribution in [2.45, 2.75) is 32.4 Å². The maximum atomic E-state index is 12.5. The summed E-state index contributed by atoms with van der Waals surface area (Å²) in [7, 11) is 3.17. The highest BCUT2D eigenvalue weighted by Crippen LogP contribution is 2.29. The minimum atomic E-state index is -0.565. The lowest BCUT2D eigenvalue weighted by Crippen LogP contribution is -2.36. The van der Waals surface area contributed by atoms with Gasteiger partial charge in [-0.1, -0.05) is 6.92 Å². The third-order valence-electron chi connectivity index (χ3n) is 4.85. The van der Waals surface area contributed by atoms with Gasteiger partial charge in [-0.15, -0.1) is 0 Å². The van der Waals surface area contributed by atoms with Crippen molar-refractivity contribution in [3.8, 4) is 17.4 Å². The lowest BCUT2D eigenvalue weighted by molar-refractivity contribution is -0.129. The summed E-state index contributed by atoms with van der Waals surface area (Å²) in [5.41, 5.74) is 1.02. The van der Waals surface area contributed by atoms with Crippen molar-refractivity contribution in [2.75, 3.05) is 26.6 Å². The highest BCUT2D eigenvalue weighted by atomic mass is 32.2. The van der Waals surface area contributed by atoms with Crippen LogP contribution in [-0.2, 0) is 15.5 Å². The third-order valence-corrected chi connectivity index (χ3v) is 5.35. The second-order valence-electron chi connectivity index (χ2n) is 6.72. The summed E-state index contributed by atoms with van der Waals surface area (Å²) >= 11 is 1.04. The summed E-state index contributed by atoms with van der Waals surface area (Å²) in [5, 5.41) is 0. The van der Waals surface area contributed by atoms with E-state index in [1.807, 2.05) is 19.1 Å². The van der Waals surface area contributed by atoms with Crippen LogP contribution in [0.1, 0.15) is 35.7 Å². The van der Waals surface area contributed by atoms with Crippen molar-refractivity contribution < 1.29 is 28.0 Å². The normalized spacial score (nSPS) is 15.6. The molecule has 1 aromatic heterocycles. The van der Waals surface area contributed by atoms with Crippen molar-refractivity contribution in [1.29, 1.82) is 0 Å². The van der Waals surface area contributed by atoms with Crippen LogP contribution in [0, 0.1) is 0 Å². The van der Waals surface area contributed by atoms with Crippen LogP contribution in [0.3, 0.4) is 0 Å². The quantitative estimate of drug-likeness (QED) is 0.509. The Labute approximate surface area is 185 Å². The molecule has 0 spiro atoms. The molecule has 1 aliphatic heterocycles. The van der Waals surface area contributed by atoms with Gasteiger partial charge in [-0.25, -0.2) is 14.8 Å². The van der Waals surface area contributed by atoms with Gasteiger partial charge in [0.05, 0.1) is 32.3 Å². The number of amides is 1. The number of benzene rings is 1. The Kier molecular flexibility index (Phi) is 7.94. The van der Waals surface area contributed by atoms with Gasteiger partial charge < -0.3 is 23.3 Å².